The third kappa shape index (κ3) is 4.00. The van der Waals surface area contributed by atoms with Crippen molar-refractivity contribution in [3.63, 3.8) is 0 Å². The number of nitrogens with zero attached hydrogens (tertiary/aromatic N) is 2. The lowest BCUT2D eigenvalue weighted by atomic mass is 10.1. The Morgan fingerprint density at radius 3 is 2.48 bits per heavy atom. The van der Waals surface area contributed by atoms with Crippen molar-refractivity contribution in [2.75, 3.05) is 0 Å². The van der Waals surface area contributed by atoms with Crippen molar-refractivity contribution >= 4 is 34.3 Å². The van der Waals surface area contributed by atoms with E-state index in [4.69, 9.17) is 11.6 Å². The lowest BCUT2D eigenvalue weighted by molar-refractivity contribution is 0.0847. The van der Waals surface area contributed by atoms with Crippen molar-refractivity contribution in [1.29, 1.82) is 0 Å². The summed E-state index contributed by atoms with van der Waals surface area (Å²) in [7, 11) is 0. The van der Waals surface area contributed by atoms with E-state index in [-0.39, 0.29) is 5.56 Å². The first-order valence-corrected chi connectivity index (χ1v) is 9.80. The second-order valence-corrected chi connectivity index (χ2v) is 7.38. The van der Waals surface area contributed by atoms with Crippen LogP contribution < -0.4 is 16.4 Å². The molecule has 0 saturated carbocycles. The average molecular weight is 411 g/mol. The number of rotatable bonds is 2. The fourth-order valence-electron chi connectivity index (χ4n) is 3.45. The van der Waals surface area contributed by atoms with Crippen LogP contribution in [0.5, 0.6) is 0 Å². The van der Waals surface area contributed by atoms with Crippen molar-refractivity contribution < 1.29 is 9.59 Å². The number of halogens is 1. The monoisotopic (exact) mass is 410 g/mol. The van der Waals surface area contributed by atoms with Crippen LogP contribution >= 0.6 is 11.6 Å². The summed E-state index contributed by atoms with van der Waals surface area (Å²) >= 11 is 5.87. The summed E-state index contributed by atoms with van der Waals surface area (Å²) in [4.78, 5) is 42.0. The van der Waals surface area contributed by atoms with Gasteiger partial charge >= 0.3 is 0 Å². The molecule has 3 aromatic rings. The van der Waals surface area contributed by atoms with Gasteiger partial charge in [-0.3, -0.25) is 29.8 Å². The third-order valence-corrected chi connectivity index (χ3v) is 5.19. The molecule has 7 nitrogen and oxygen atoms in total. The predicted octanol–water partition coefficient (Wildman–Crippen LogP) is 2.85. The molecule has 2 aromatic carbocycles. The van der Waals surface area contributed by atoms with Crippen LogP contribution in [0.3, 0.4) is 0 Å². The van der Waals surface area contributed by atoms with E-state index in [0.717, 1.165) is 31.5 Å². The highest BCUT2D eigenvalue weighted by atomic mass is 35.5. The highest BCUT2D eigenvalue weighted by Crippen LogP contribution is 2.16. The Bertz CT molecular complexity index is 1170. The normalized spacial score (nSPS) is 13.4. The zero-order chi connectivity index (χ0) is 20.4. The van der Waals surface area contributed by atoms with E-state index in [1.807, 2.05) is 0 Å². The Hall–Kier alpha value is -3.19. The number of nitrogens with one attached hydrogen (secondary N) is 2. The molecule has 0 unspecified atom stereocenters. The van der Waals surface area contributed by atoms with Crippen LogP contribution in [0.15, 0.2) is 47.3 Å². The molecule has 1 aliphatic rings. The first-order valence-electron chi connectivity index (χ1n) is 9.42. The second kappa shape index (κ2) is 8.05. The zero-order valence-electron chi connectivity index (χ0n) is 15.6. The largest absolute Gasteiger partial charge is 0.296 e. The molecule has 2 heterocycles. The Kier molecular flexibility index (Phi) is 5.31. The Labute approximate surface area is 171 Å². The molecule has 0 bridgehead atoms. The number of fused-ring (bicyclic) bond motifs is 2. The Balaban J connectivity index is 1.55. The van der Waals surface area contributed by atoms with Gasteiger partial charge in [0.1, 0.15) is 5.82 Å². The minimum atomic E-state index is -0.501. The molecule has 1 aliphatic heterocycles. The lowest BCUT2D eigenvalue weighted by Gasteiger charge is -2.11. The molecule has 8 heteroatoms. The Morgan fingerprint density at radius 1 is 0.966 bits per heavy atom. The highest BCUT2D eigenvalue weighted by molar-refractivity contribution is 6.31. The molecule has 29 heavy (non-hydrogen) atoms. The van der Waals surface area contributed by atoms with Gasteiger partial charge < -0.3 is 0 Å². The van der Waals surface area contributed by atoms with E-state index < -0.39 is 11.8 Å². The lowest BCUT2D eigenvalue weighted by Crippen LogP contribution is -2.41. The summed E-state index contributed by atoms with van der Waals surface area (Å²) in [5, 5.41) is 0.908. The Morgan fingerprint density at radius 2 is 1.72 bits per heavy atom. The quantitative estimate of drug-likeness (QED) is 0.635. The van der Waals surface area contributed by atoms with Gasteiger partial charge in [-0.1, -0.05) is 24.1 Å². The zero-order valence-corrected chi connectivity index (χ0v) is 16.3. The number of carbonyl (C=O) groups excluding carboxylic acids is 2. The van der Waals surface area contributed by atoms with E-state index in [0.29, 0.717) is 33.6 Å². The number of hydrogen-bond acceptors (Lipinski definition) is 4. The molecule has 0 atom stereocenters. The van der Waals surface area contributed by atoms with Crippen molar-refractivity contribution in [1.82, 2.24) is 20.4 Å². The van der Waals surface area contributed by atoms with Crippen molar-refractivity contribution in [2.45, 2.75) is 32.2 Å². The van der Waals surface area contributed by atoms with Gasteiger partial charge in [-0.05, 0) is 49.2 Å². The molecule has 0 fully saturated rings. The number of aryl methyl sites for hydroxylation is 1. The maximum absolute atomic E-state index is 12.8. The van der Waals surface area contributed by atoms with Gasteiger partial charge in [-0.25, -0.2) is 4.98 Å². The summed E-state index contributed by atoms with van der Waals surface area (Å²) < 4.78 is 1.74. The standard InChI is InChI=1S/C21H19ClN4O3/c22-15-6-4-5-13(11-15)19(27)24-25-20(28)14-8-9-16-17(12-14)23-18-7-2-1-3-10-26(18)21(16)29/h4-6,8-9,11-12H,1-3,7,10H2,(H,24,27)(H,25,28). The first-order chi connectivity index (χ1) is 14.0. The summed E-state index contributed by atoms with van der Waals surface area (Å²) in [6, 6.07) is 11.1. The SMILES string of the molecule is O=C(NNC(=O)c1ccc2c(=O)n3c(nc2c1)CCCCC3)c1cccc(Cl)c1. The van der Waals surface area contributed by atoms with Crippen molar-refractivity contribution in [3.8, 4) is 0 Å². The molecule has 0 radical (unpaired) electrons. The summed E-state index contributed by atoms with van der Waals surface area (Å²) in [6.07, 6.45) is 3.77. The number of aromatic nitrogens is 2. The summed E-state index contributed by atoms with van der Waals surface area (Å²) in [6.45, 7) is 0.675. The van der Waals surface area contributed by atoms with Crippen LogP contribution in [0.1, 0.15) is 45.8 Å². The van der Waals surface area contributed by atoms with Gasteiger partial charge in [0.15, 0.2) is 0 Å². The molecule has 1 aromatic heterocycles. The average Bonchev–Trinajstić information content (AvgIpc) is 2.97. The van der Waals surface area contributed by atoms with Gasteiger partial charge in [0, 0.05) is 29.1 Å². The van der Waals surface area contributed by atoms with Crippen LogP contribution in [0.2, 0.25) is 5.02 Å². The van der Waals surface area contributed by atoms with Crippen LogP contribution in [0.4, 0.5) is 0 Å². The minimum absolute atomic E-state index is 0.0758. The van der Waals surface area contributed by atoms with Crippen LogP contribution in [0.25, 0.3) is 10.9 Å². The molecule has 2 amide bonds. The fourth-order valence-corrected chi connectivity index (χ4v) is 3.64. The molecule has 2 N–H and O–H groups in total. The van der Waals surface area contributed by atoms with Gasteiger partial charge in [0.25, 0.3) is 17.4 Å². The second-order valence-electron chi connectivity index (χ2n) is 6.95. The van der Waals surface area contributed by atoms with E-state index >= 15 is 0 Å². The molecule has 148 valence electrons. The fraction of sp³-hybridized carbons (Fsp3) is 0.238. The van der Waals surface area contributed by atoms with Crippen molar-refractivity contribution in [3.05, 3.63) is 74.8 Å². The van der Waals surface area contributed by atoms with E-state index in [9.17, 15) is 14.4 Å². The van der Waals surface area contributed by atoms with E-state index in [1.54, 1.807) is 41.0 Å². The van der Waals surface area contributed by atoms with Crippen LogP contribution in [-0.2, 0) is 13.0 Å². The number of carbonyl (C=O) groups is 2. The topological polar surface area (TPSA) is 93.1 Å². The number of benzene rings is 2. The smallest absolute Gasteiger partial charge is 0.269 e. The number of hydrogen-bond donors (Lipinski definition) is 2. The number of amides is 2. The molecule has 0 aliphatic carbocycles. The van der Waals surface area contributed by atoms with E-state index in [1.165, 1.54) is 6.07 Å². The van der Waals surface area contributed by atoms with Gasteiger partial charge in [0.05, 0.1) is 10.9 Å². The molecule has 4 rings (SSSR count). The minimum Gasteiger partial charge on any atom is -0.296 e. The summed E-state index contributed by atoms with van der Waals surface area (Å²) in [5.41, 5.74) is 5.77. The molecular formula is C21H19ClN4O3. The highest BCUT2D eigenvalue weighted by Gasteiger charge is 2.16. The molecular weight excluding hydrogens is 392 g/mol. The van der Waals surface area contributed by atoms with Crippen LogP contribution in [0, 0.1) is 0 Å². The predicted molar refractivity (Wildman–Crippen MR) is 110 cm³/mol. The number of hydrazine groups is 1. The van der Waals surface area contributed by atoms with Gasteiger partial charge in [-0.15, -0.1) is 0 Å². The third-order valence-electron chi connectivity index (χ3n) is 4.96. The van der Waals surface area contributed by atoms with Crippen molar-refractivity contribution in [2.24, 2.45) is 0 Å². The summed E-state index contributed by atoms with van der Waals surface area (Å²) in [5.74, 6) is -0.228. The maximum atomic E-state index is 12.8. The van der Waals surface area contributed by atoms with Crippen LogP contribution in [-0.4, -0.2) is 21.4 Å². The molecule has 0 saturated heterocycles. The van der Waals surface area contributed by atoms with Gasteiger partial charge in [0.2, 0.25) is 0 Å². The molecule has 0 spiro atoms. The first kappa shape index (κ1) is 19.1. The van der Waals surface area contributed by atoms with E-state index in [2.05, 4.69) is 15.8 Å². The maximum Gasteiger partial charge on any atom is 0.269 e. The van der Waals surface area contributed by atoms with Gasteiger partial charge in [-0.2, -0.15) is 0 Å².